The van der Waals surface area contributed by atoms with Crippen LogP contribution in [0, 0.1) is 0 Å². The van der Waals surface area contributed by atoms with Crippen molar-refractivity contribution in [1.29, 1.82) is 0 Å². The van der Waals surface area contributed by atoms with Crippen LogP contribution in [-0.4, -0.2) is 72.4 Å². The number of nitrogens with zero attached hydrogens (tertiary/aromatic N) is 3. The van der Waals surface area contributed by atoms with Gasteiger partial charge in [-0.15, -0.1) is 0 Å². The lowest BCUT2D eigenvalue weighted by Crippen LogP contribution is -2.41. The molecule has 0 radical (unpaired) electrons. The number of hydrogen-bond acceptors (Lipinski definition) is 8. The zero-order valence-corrected chi connectivity index (χ0v) is 16.4. The monoisotopic (exact) mass is 411 g/mol. The van der Waals surface area contributed by atoms with Gasteiger partial charge in [0.15, 0.2) is 11.5 Å². The fourth-order valence-corrected chi connectivity index (χ4v) is 3.59. The topological polar surface area (TPSA) is 111 Å². The molecular formula is C20H21N5O5. The Morgan fingerprint density at radius 3 is 2.70 bits per heavy atom. The molecule has 0 atom stereocenters. The number of fused-ring (bicyclic) bond motifs is 2. The second-order valence-electron chi connectivity index (χ2n) is 6.84. The Morgan fingerprint density at radius 2 is 1.90 bits per heavy atom. The maximum absolute atomic E-state index is 13.0. The first kappa shape index (κ1) is 18.5. The van der Waals surface area contributed by atoms with Gasteiger partial charge in [0.25, 0.3) is 5.91 Å². The molecule has 1 fully saturated rings. The summed E-state index contributed by atoms with van der Waals surface area (Å²) >= 11 is 0. The summed E-state index contributed by atoms with van der Waals surface area (Å²) in [6.07, 6.45) is 1.77. The molecule has 2 aliphatic rings. The normalized spacial score (nSPS) is 15.8. The minimum atomic E-state index is -0.0997. The number of aromatic nitrogens is 3. The zero-order valence-electron chi connectivity index (χ0n) is 16.4. The van der Waals surface area contributed by atoms with Gasteiger partial charge in [-0.25, -0.2) is 0 Å². The van der Waals surface area contributed by atoms with Crippen LogP contribution in [0.2, 0.25) is 0 Å². The number of hydrogen-bond donors (Lipinski definition) is 2. The van der Waals surface area contributed by atoms with Crippen molar-refractivity contribution in [2.75, 3.05) is 51.9 Å². The molecule has 1 saturated heterocycles. The van der Waals surface area contributed by atoms with E-state index in [4.69, 9.17) is 18.9 Å². The first-order valence-electron chi connectivity index (χ1n) is 9.70. The Balaban J connectivity index is 1.50. The molecule has 2 aromatic heterocycles. The van der Waals surface area contributed by atoms with E-state index in [-0.39, 0.29) is 5.91 Å². The third-order valence-electron chi connectivity index (χ3n) is 5.04. The number of carbonyl (C=O) groups is 1. The largest absolute Gasteiger partial charge is 0.485 e. The minimum absolute atomic E-state index is 0.0997. The van der Waals surface area contributed by atoms with E-state index in [9.17, 15) is 4.79 Å². The van der Waals surface area contributed by atoms with E-state index in [1.54, 1.807) is 30.3 Å². The van der Waals surface area contributed by atoms with Crippen molar-refractivity contribution in [3.05, 3.63) is 30.0 Å². The summed E-state index contributed by atoms with van der Waals surface area (Å²) in [5.74, 6) is 1.59. The molecule has 156 valence electrons. The predicted octanol–water partition coefficient (Wildman–Crippen LogP) is 1.95. The van der Waals surface area contributed by atoms with Crippen molar-refractivity contribution in [3.8, 4) is 17.4 Å². The fraction of sp³-hybridized carbons (Fsp3) is 0.350. The maximum atomic E-state index is 13.0. The first-order chi connectivity index (χ1) is 14.7. The van der Waals surface area contributed by atoms with Crippen molar-refractivity contribution < 1.29 is 23.7 Å². The van der Waals surface area contributed by atoms with Crippen LogP contribution in [0.4, 0.5) is 11.6 Å². The van der Waals surface area contributed by atoms with Gasteiger partial charge in [0.1, 0.15) is 18.9 Å². The van der Waals surface area contributed by atoms with E-state index < -0.39 is 0 Å². The number of carbonyl (C=O) groups excluding carboxylic acids is 1. The van der Waals surface area contributed by atoms with E-state index >= 15 is 0 Å². The van der Waals surface area contributed by atoms with Crippen LogP contribution in [0.15, 0.2) is 24.4 Å². The van der Waals surface area contributed by atoms with Crippen molar-refractivity contribution in [2.24, 2.45) is 0 Å². The summed E-state index contributed by atoms with van der Waals surface area (Å²) in [4.78, 5) is 26.7. The lowest BCUT2D eigenvalue weighted by Gasteiger charge is -2.29. The molecular weight excluding hydrogens is 390 g/mol. The number of rotatable bonds is 4. The summed E-state index contributed by atoms with van der Waals surface area (Å²) in [6, 6.07) is 5.36. The number of ether oxygens (including phenoxy) is 4. The summed E-state index contributed by atoms with van der Waals surface area (Å²) in [7, 11) is 1.56. The number of nitrogens with one attached hydrogen (secondary N) is 2. The highest BCUT2D eigenvalue weighted by Gasteiger charge is 2.28. The average molecular weight is 411 g/mol. The molecule has 1 aromatic carbocycles. The quantitative estimate of drug-likeness (QED) is 0.670. The molecule has 10 heteroatoms. The number of anilines is 2. The Hall–Kier alpha value is -3.53. The summed E-state index contributed by atoms with van der Waals surface area (Å²) in [5.41, 5.74) is 1.72. The van der Waals surface area contributed by atoms with Crippen LogP contribution in [0.3, 0.4) is 0 Å². The van der Waals surface area contributed by atoms with Crippen LogP contribution >= 0.6 is 0 Å². The summed E-state index contributed by atoms with van der Waals surface area (Å²) in [5, 5.41) is 3.95. The number of amides is 1. The maximum Gasteiger partial charge on any atom is 0.257 e. The van der Waals surface area contributed by atoms with Gasteiger partial charge in [-0.1, -0.05) is 0 Å². The van der Waals surface area contributed by atoms with Crippen LogP contribution in [0.5, 0.6) is 17.4 Å². The molecule has 0 unspecified atom stereocenters. The second kappa shape index (κ2) is 7.71. The third-order valence-corrected chi connectivity index (χ3v) is 5.04. The van der Waals surface area contributed by atoms with Gasteiger partial charge in [-0.2, -0.15) is 9.97 Å². The first-order valence-corrected chi connectivity index (χ1v) is 9.70. The minimum Gasteiger partial charge on any atom is -0.485 e. The van der Waals surface area contributed by atoms with Gasteiger partial charge >= 0.3 is 0 Å². The molecule has 10 nitrogen and oxygen atoms in total. The Bertz CT molecular complexity index is 1090. The third kappa shape index (κ3) is 3.24. The van der Waals surface area contributed by atoms with Gasteiger partial charge in [0, 0.05) is 19.3 Å². The standard InChI is InChI=1S/C20H21N5O5/c1-27-18-13-4-5-21-17(13)23-20(24-18)22-14-3-2-12(15-16(14)30-11-10-29-15)19(26)25-6-8-28-9-7-25/h2-5H,6-11H2,1H3,(H2,21,22,23,24). The molecule has 3 aromatic rings. The second-order valence-corrected chi connectivity index (χ2v) is 6.84. The molecule has 4 heterocycles. The number of morpholine rings is 1. The smallest absolute Gasteiger partial charge is 0.257 e. The molecule has 2 aliphatic heterocycles. The van der Waals surface area contributed by atoms with E-state index in [0.29, 0.717) is 79.7 Å². The lowest BCUT2D eigenvalue weighted by atomic mass is 10.1. The van der Waals surface area contributed by atoms with Crippen LogP contribution in [0.25, 0.3) is 11.0 Å². The average Bonchev–Trinajstić information content (AvgIpc) is 3.27. The fourth-order valence-electron chi connectivity index (χ4n) is 3.59. The number of benzene rings is 1. The molecule has 0 bridgehead atoms. The van der Waals surface area contributed by atoms with Crippen molar-refractivity contribution in [1.82, 2.24) is 19.9 Å². The predicted molar refractivity (Wildman–Crippen MR) is 108 cm³/mol. The molecule has 0 aliphatic carbocycles. The van der Waals surface area contributed by atoms with Crippen LogP contribution in [-0.2, 0) is 4.74 Å². The zero-order chi connectivity index (χ0) is 20.5. The Morgan fingerprint density at radius 1 is 1.10 bits per heavy atom. The molecule has 0 saturated carbocycles. The SMILES string of the molecule is COc1nc(Nc2ccc(C(=O)N3CCOCC3)c3c2OCCO3)nc2[nH]ccc12. The van der Waals surface area contributed by atoms with Crippen LogP contribution in [0.1, 0.15) is 10.4 Å². The summed E-state index contributed by atoms with van der Waals surface area (Å²) < 4.78 is 22.4. The van der Waals surface area contributed by atoms with Gasteiger partial charge in [0.2, 0.25) is 11.8 Å². The van der Waals surface area contributed by atoms with Gasteiger partial charge < -0.3 is 34.1 Å². The van der Waals surface area contributed by atoms with E-state index in [0.717, 1.165) is 5.39 Å². The van der Waals surface area contributed by atoms with Crippen LogP contribution < -0.4 is 19.5 Å². The molecule has 30 heavy (non-hydrogen) atoms. The highest BCUT2D eigenvalue weighted by Crippen LogP contribution is 2.42. The van der Waals surface area contributed by atoms with E-state index in [1.165, 1.54) is 0 Å². The van der Waals surface area contributed by atoms with E-state index in [2.05, 4.69) is 20.3 Å². The van der Waals surface area contributed by atoms with Gasteiger partial charge in [-0.05, 0) is 18.2 Å². The molecule has 2 N–H and O–H groups in total. The number of methoxy groups -OCH3 is 1. The highest BCUT2D eigenvalue weighted by molar-refractivity contribution is 5.99. The summed E-state index contributed by atoms with van der Waals surface area (Å²) in [6.45, 7) is 2.93. The van der Waals surface area contributed by atoms with Crippen molar-refractivity contribution in [3.63, 3.8) is 0 Å². The van der Waals surface area contributed by atoms with E-state index in [1.807, 2.05) is 6.07 Å². The Kier molecular flexibility index (Phi) is 4.75. The number of H-pyrrole nitrogens is 1. The van der Waals surface area contributed by atoms with Gasteiger partial charge in [-0.3, -0.25) is 4.79 Å². The van der Waals surface area contributed by atoms with Crippen molar-refractivity contribution >= 4 is 28.6 Å². The Labute approximate surface area is 172 Å². The highest BCUT2D eigenvalue weighted by atomic mass is 16.6. The molecule has 0 spiro atoms. The molecule has 1 amide bonds. The van der Waals surface area contributed by atoms with Crippen molar-refractivity contribution in [2.45, 2.75) is 0 Å². The number of aromatic amines is 1. The lowest BCUT2D eigenvalue weighted by molar-refractivity contribution is 0.0298. The molecule has 5 rings (SSSR count). The van der Waals surface area contributed by atoms with Gasteiger partial charge in [0.05, 0.1) is 37.0 Å².